The van der Waals surface area contributed by atoms with E-state index in [1.165, 1.54) is 19.3 Å². The zero-order valence-electron chi connectivity index (χ0n) is 22.3. The lowest BCUT2D eigenvalue weighted by atomic mass is 10.1. The molecule has 14 heteroatoms. The molecule has 14 nitrogen and oxygen atoms in total. The molecule has 2 aromatic heterocycles. The van der Waals surface area contributed by atoms with Crippen LogP contribution in [0.2, 0.25) is 0 Å². The van der Waals surface area contributed by atoms with Crippen molar-refractivity contribution in [3.05, 3.63) is 82.4 Å². The van der Waals surface area contributed by atoms with Crippen molar-refractivity contribution < 1.29 is 19.2 Å². The molecule has 2 aliphatic heterocycles. The highest BCUT2D eigenvalue weighted by Crippen LogP contribution is 2.26. The van der Waals surface area contributed by atoms with Crippen LogP contribution in [-0.4, -0.2) is 85.9 Å². The van der Waals surface area contributed by atoms with Crippen molar-refractivity contribution in [3.8, 4) is 0 Å². The summed E-state index contributed by atoms with van der Waals surface area (Å²) < 4.78 is 1.54. The van der Waals surface area contributed by atoms with E-state index in [1.807, 2.05) is 6.92 Å². The average Bonchev–Trinajstić information content (AvgIpc) is 3.67. The topological polar surface area (TPSA) is 162 Å². The predicted molar refractivity (Wildman–Crippen MR) is 138 cm³/mol. The molecule has 6 rings (SSSR count). The maximum atomic E-state index is 12.3. The number of carbonyl (C=O) groups is 4. The lowest BCUT2D eigenvalue weighted by Crippen LogP contribution is -2.39. The van der Waals surface area contributed by atoms with E-state index < -0.39 is 0 Å². The first-order valence-corrected chi connectivity index (χ1v) is 12.5. The lowest BCUT2D eigenvalue weighted by Gasteiger charge is -2.21. The molecule has 2 atom stereocenters. The normalized spacial score (nSPS) is 15.6. The van der Waals surface area contributed by atoms with E-state index in [-0.39, 0.29) is 35.7 Å². The number of hydrogen-bond acceptors (Lipinski definition) is 10. The van der Waals surface area contributed by atoms with Gasteiger partial charge in [-0.2, -0.15) is 4.80 Å². The Labute approximate surface area is 228 Å². The number of carbonyl (C=O) groups excluding carboxylic acids is 4. The SMILES string of the molecule is CC(Cc1nnn(C)n1)N1C(=O)c2ccccc2C1=O.CC(Cc1nnnn1C)N1C(=O)c2ccccc2C1=O. The van der Waals surface area contributed by atoms with E-state index in [4.69, 9.17) is 0 Å². The minimum absolute atomic E-state index is 0.256. The van der Waals surface area contributed by atoms with Crippen molar-refractivity contribution in [2.75, 3.05) is 0 Å². The van der Waals surface area contributed by atoms with Gasteiger partial charge in [-0.15, -0.1) is 15.3 Å². The Hall–Kier alpha value is -5.14. The second-order valence-electron chi connectivity index (χ2n) is 9.57. The third-order valence-corrected chi connectivity index (χ3v) is 6.75. The van der Waals surface area contributed by atoms with Gasteiger partial charge in [0.25, 0.3) is 23.6 Å². The molecule has 4 heterocycles. The molecule has 2 unspecified atom stereocenters. The summed E-state index contributed by atoms with van der Waals surface area (Å²) in [5.41, 5.74) is 1.83. The summed E-state index contributed by atoms with van der Waals surface area (Å²) in [7, 11) is 3.40. The molecule has 204 valence electrons. The third-order valence-electron chi connectivity index (χ3n) is 6.75. The molecular formula is C26H26N10O4. The number of nitrogens with zero attached hydrogens (tertiary/aromatic N) is 10. The van der Waals surface area contributed by atoms with E-state index in [1.54, 1.807) is 69.6 Å². The highest BCUT2D eigenvalue weighted by molar-refractivity contribution is 6.22. The summed E-state index contributed by atoms with van der Waals surface area (Å²) >= 11 is 0. The first kappa shape index (κ1) is 26.5. The Morgan fingerprint density at radius 3 is 1.48 bits per heavy atom. The fraction of sp³-hybridized carbons (Fsp3) is 0.308. The Morgan fingerprint density at radius 1 is 0.650 bits per heavy atom. The summed E-state index contributed by atoms with van der Waals surface area (Å²) in [6.07, 6.45) is 0.814. The van der Waals surface area contributed by atoms with Gasteiger partial charge in [-0.05, 0) is 53.8 Å². The second-order valence-corrected chi connectivity index (χ2v) is 9.57. The first-order valence-electron chi connectivity index (χ1n) is 12.5. The number of rotatable bonds is 6. The minimum atomic E-state index is -0.313. The summed E-state index contributed by atoms with van der Waals surface area (Å²) in [6.45, 7) is 3.62. The maximum absolute atomic E-state index is 12.3. The third kappa shape index (κ3) is 4.74. The molecule has 0 spiro atoms. The van der Waals surface area contributed by atoms with Gasteiger partial charge in [-0.1, -0.05) is 24.3 Å². The molecule has 0 fully saturated rings. The zero-order valence-corrected chi connectivity index (χ0v) is 22.3. The van der Waals surface area contributed by atoms with E-state index in [0.29, 0.717) is 46.7 Å². The smallest absolute Gasteiger partial charge is 0.261 e. The largest absolute Gasteiger partial charge is 0.271 e. The Kier molecular flexibility index (Phi) is 6.98. The standard InChI is InChI=1S/2C13H13N5O2/c1-8(7-11-14-15-16-17(11)2)18-12(19)9-5-3-4-6-10(9)13(18)20;1-8(7-11-14-16-17(2)15-11)18-12(19)9-5-3-4-6-10(9)13(18)20/h2*3-6,8H,7H2,1-2H3. The monoisotopic (exact) mass is 542 g/mol. The van der Waals surface area contributed by atoms with Crippen molar-refractivity contribution in [1.82, 2.24) is 50.2 Å². The number of aromatic nitrogens is 8. The van der Waals surface area contributed by atoms with Crippen molar-refractivity contribution in [2.45, 2.75) is 38.8 Å². The van der Waals surface area contributed by atoms with Crippen molar-refractivity contribution in [3.63, 3.8) is 0 Å². The van der Waals surface area contributed by atoms with Gasteiger partial charge in [0.15, 0.2) is 11.6 Å². The number of imide groups is 2. The van der Waals surface area contributed by atoms with Crippen LogP contribution in [0.4, 0.5) is 0 Å². The van der Waals surface area contributed by atoms with Gasteiger partial charge in [-0.25, -0.2) is 4.68 Å². The Balaban J connectivity index is 0.000000161. The fourth-order valence-corrected chi connectivity index (χ4v) is 4.75. The van der Waals surface area contributed by atoms with E-state index in [2.05, 4.69) is 30.9 Å². The van der Waals surface area contributed by atoms with Crippen LogP contribution in [0.1, 0.15) is 66.9 Å². The molecule has 0 aliphatic carbocycles. The van der Waals surface area contributed by atoms with Gasteiger partial charge < -0.3 is 0 Å². The number of amides is 4. The molecule has 0 N–H and O–H groups in total. The van der Waals surface area contributed by atoms with E-state index in [9.17, 15) is 19.2 Å². The van der Waals surface area contributed by atoms with Crippen molar-refractivity contribution in [1.29, 1.82) is 0 Å². The summed E-state index contributed by atoms with van der Waals surface area (Å²) in [5.74, 6) is 0.107. The zero-order chi connectivity index (χ0) is 28.6. The van der Waals surface area contributed by atoms with E-state index >= 15 is 0 Å². The number of benzene rings is 2. The van der Waals surface area contributed by atoms with Crippen LogP contribution >= 0.6 is 0 Å². The number of aryl methyl sites for hydroxylation is 2. The molecule has 0 radical (unpaired) electrons. The highest BCUT2D eigenvalue weighted by atomic mass is 16.2. The molecule has 4 amide bonds. The van der Waals surface area contributed by atoms with Crippen LogP contribution in [0.3, 0.4) is 0 Å². The highest BCUT2D eigenvalue weighted by Gasteiger charge is 2.39. The minimum Gasteiger partial charge on any atom is -0.271 e. The van der Waals surface area contributed by atoms with Gasteiger partial charge >= 0.3 is 0 Å². The molecule has 2 aliphatic rings. The maximum Gasteiger partial charge on any atom is 0.261 e. The predicted octanol–water partition coefficient (Wildman–Crippen LogP) is 0.875. The van der Waals surface area contributed by atoms with Crippen LogP contribution in [-0.2, 0) is 26.9 Å². The second kappa shape index (κ2) is 10.6. The first-order chi connectivity index (χ1) is 19.2. The van der Waals surface area contributed by atoms with E-state index in [0.717, 1.165) is 0 Å². The number of fused-ring (bicyclic) bond motifs is 2. The number of tetrazole rings is 2. The molecule has 40 heavy (non-hydrogen) atoms. The van der Waals surface area contributed by atoms with Gasteiger partial charge in [0.1, 0.15) is 0 Å². The number of hydrogen-bond donors (Lipinski definition) is 0. The van der Waals surface area contributed by atoms with Crippen molar-refractivity contribution in [2.24, 2.45) is 14.1 Å². The molecule has 0 saturated heterocycles. The van der Waals surface area contributed by atoms with Gasteiger partial charge in [0.05, 0.1) is 29.3 Å². The van der Waals surface area contributed by atoms with Crippen LogP contribution in [0.15, 0.2) is 48.5 Å². The molecule has 4 aromatic rings. The fourth-order valence-electron chi connectivity index (χ4n) is 4.75. The Bertz CT molecular complexity index is 1560. The van der Waals surface area contributed by atoms with Gasteiger partial charge in [0, 0.05) is 32.0 Å². The molecule has 2 aromatic carbocycles. The van der Waals surface area contributed by atoms with Crippen molar-refractivity contribution >= 4 is 23.6 Å². The summed E-state index contributed by atoms with van der Waals surface area (Å²) in [5, 5.41) is 22.9. The summed E-state index contributed by atoms with van der Waals surface area (Å²) in [6, 6.07) is 13.1. The van der Waals surface area contributed by atoms with Crippen LogP contribution < -0.4 is 0 Å². The van der Waals surface area contributed by atoms with Gasteiger partial charge in [-0.3, -0.25) is 29.0 Å². The summed E-state index contributed by atoms with van der Waals surface area (Å²) in [4.78, 5) is 53.1. The van der Waals surface area contributed by atoms with Crippen LogP contribution in [0.25, 0.3) is 0 Å². The Morgan fingerprint density at radius 2 is 1.10 bits per heavy atom. The van der Waals surface area contributed by atoms with Crippen LogP contribution in [0, 0.1) is 0 Å². The lowest BCUT2D eigenvalue weighted by molar-refractivity contribution is 0.0578. The quantitative estimate of drug-likeness (QED) is 0.320. The molecule has 0 bridgehead atoms. The van der Waals surface area contributed by atoms with Gasteiger partial charge in [0.2, 0.25) is 0 Å². The molecular weight excluding hydrogens is 516 g/mol. The average molecular weight is 543 g/mol. The van der Waals surface area contributed by atoms with Crippen LogP contribution in [0.5, 0.6) is 0 Å². The molecule has 0 saturated carbocycles.